The maximum absolute atomic E-state index is 12.8. The Labute approximate surface area is 122 Å². The van der Waals surface area contributed by atoms with Gasteiger partial charge in [0.25, 0.3) is 0 Å². The molecule has 1 N–H and O–H groups in total. The van der Waals surface area contributed by atoms with Crippen LogP contribution < -0.4 is 10.2 Å². The van der Waals surface area contributed by atoms with Gasteiger partial charge in [0.2, 0.25) is 0 Å². The predicted octanol–water partition coefficient (Wildman–Crippen LogP) is 3.07. The van der Waals surface area contributed by atoms with Crippen molar-refractivity contribution in [2.45, 2.75) is 37.9 Å². The molecule has 116 valence electrons. The molecule has 0 unspecified atom stereocenters. The van der Waals surface area contributed by atoms with Crippen LogP contribution >= 0.6 is 0 Å². The van der Waals surface area contributed by atoms with E-state index in [-0.39, 0.29) is 0 Å². The van der Waals surface area contributed by atoms with E-state index in [4.69, 9.17) is 0 Å². The van der Waals surface area contributed by atoms with Crippen molar-refractivity contribution in [1.82, 2.24) is 10.3 Å². The minimum absolute atomic E-state index is 0.371. The first-order valence-corrected chi connectivity index (χ1v) is 7.55. The van der Waals surface area contributed by atoms with Crippen molar-refractivity contribution in [2.24, 2.45) is 5.92 Å². The van der Waals surface area contributed by atoms with Gasteiger partial charge < -0.3 is 10.2 Å². The Kier molecular flexibility index (Phi) is 4.06. The lowest BCUT2D eigenvalue weighted by Crippen LogP contribution is -2.37. The summed E-state index contributed by atoms with van der Waals surface area (Å²) in [5.41, 5.74) is -0.795. The lowest BCUT2D eigenvalue weighted by molar-refractivity contribution is -0.141. The summed E-state index contributed by atoms with van der Waals surface area (Å²) in [5.74, 6) is 1.02. The lowest BCUT2D eigenvalue weighted by atomic mass is 9.97. The molecule has 0 atom stereocenters. The first-order valence-electron chi connectivity index (χ1n) is 7.55. The van der Waals surface area contributed by atoms with E-state index in [0.29, 0.717) is 17.8 Å². The molecule has 2 heterocycles. The second-order valence-electron chi connectivity index (χ2n) is 5.96. The van der Waals surface area contributed by atoms with E-state index in [2.05, 4.69) is 15.2 Å². The maximum Gasteiger partial charge on any atom is 0.433 e. The molecule has 0 aromatic carbocycles. The molecule has 0 radical (unpaired) electrons. The highest BCUT2D eigenvalue weighted by molar-refractivity contribution is 5.42. The van der Waals surface area contributed by atoms with Crippen molar-refractivity contribution in [3.8, 4) is 0 Å². The lowest BCUT2D eigenvalue weighted by Gasteiger charge is -2.31. The Bertz CT molecular complexity index is 479. The van der Waals surface area contributed by atoms with Crippen LogP contribution in [0.1, 0.15) is 31.4 Å². The van der Waals surface area contributed by atoms with Gasteiger partial charge in [0.05, 0.1) is 0 Å². The Morgan fingerprint density at radius 2 is 1.86 bits per heavy atom. The molecule has 6 heteroatoms. The minimum Gasteiger partial charge on any atom is -0.353 e. The third kappa shape index (κ3) is 3.67. The van der Waals surface area contributed by atoms with Gasteiger partial charge in [-0.05, 0) is 56.8 Å². The van der Waals surface area contributed by atoms with Crippen molar-refractivity contribution < 1.29 is 13.2 Å². The number of anilines is 1. The summed E-state index contributed by atoms with van der Waals surface area (Å²) >= 11 is 0. The molecule has 2 aliphatic rings. The molecule has 3 rings (SSSR count). The van der Waals surface area contributed by atoms with Gasteiger partial charge >= 0.3 is 6.18 Å². The summed E-state index contributed by atoms with van der Waals surface area (Å²) in [5, 5.41) is 3.32. The number of rotatable bonds is 4. The van der Waals surface area contributed by atoms with E-state index in [0.717, 1.165) is 51.4 Å². The van der Waals surface area contributed by atoms with Gasteiger partial charge in [0, 0.05) is 12.6 Å². The number of nitrogens with one attached hydrogen (secondary N) is 1. The van der Waals surface area contributed by atoms with Crippen LogP contribution in [-0.4, -0.2) is 30.7 Å². The van der Waals surface area contributed by atoms with Crippen LogP contribution in [0.2, 0.25) is 0 Å². The van der Waals surface area contributed by atoms with Crippen LogP contribution in [0, 0.1) is 5.92 Å². The fourth-order valence-electron chi connectivity index (χ4n) is 2.90. The summed E-state index contributed by atoms with van der Waals surface area (Å²) in [6.07, 6.45) is -0.0872. The minimum atomic E-state index is -4.38. The predicted molar refractivity (Wildman–Crippen MR) is 75.2 cm³/mol. The van der Waals surface area contributed by atoms with Gasteiger partial charge in [-0.25, -0.2) is 4.98 Å². The van der Waals surface area contributed by atoms with E-state index >= 15 is 0 Å². The molecule has 1 aromatic rings. The Hall–Kier alpha value is -1.30. The van der Waals surface area contributed by atoms with Crippen molar-refractivity contribution in [1.29, 1.82) is 0 Å². The summed E-state index contributed by atoms with van der Waals surface area (Å²) < 4.78 is 38.5. The van der Waals surface area contributed by atoms with Crippen LogP contribution in [0.15, 0.2) is 18.2 Å². The fourth-order valence-corrected chi connectivity index (χ4v) is 2.90. The number of piperidine rings is 1. The van der Waals surface area contributed by atoms with Crippen molar-refractivity contribution in [3.05, 3.63) is 23.9 Å². The highest BCUT2D eigenvalue weighted by Crippen LogP contribution is 2.34. The average molecular weight is 299 g/mol. The number of nitrogens with zero attached hydrogens (tertiary/aromatic N) is 2. The normalized spacial score (nSPS) is 20.5. The molecule has 3 nitrogen and oxygen atoms in total. The molecule has 2 fully saturated rings. The molecule has 1 saturated carbocycles. The van der Waals surface area contributed by atoms with Crippen LogP contribution in [0.5, 0.6) is 0 Å². The molecular weight excluding hydrogens is 279 g/mol. The van der Waals surface area contributed by atoms with Gasteiger partial charge in [-0.3, -0.25) is 0 Å². The smallest absolute Gasteiger partial charge is 0.353 e. The number of halogens is 3. The number of aromatic nitrogens is 1. The monoisotopic (exact) mass is 299 g/mol. The first kappa shape index (κ1) is 14.6. The van der Waals surface area contributed by atoms with Gasteiger partial charge in [0.1, 0.15) is 11.5 Å². The zero-order valence-corrected chi connectivity index (χ0v) is 11.9. The number of hydrogen-bond acceptors (Lipinski definition) is 3. The second-order valence-corrected chi connectivity index (χ2v) is 5.96. The maximum atomic E-state index is 12.8. The molecule has 1 saturated heterocycles. The zero-order valence-electron chi connectivity index (χ0n) is 11.9. The van der Waals surface area contributed by atoms with E-state index < -0.39 is 11.9 Å². The standard InChI is InChI=1S/C15H20F3N3/c16-15(17,18)13-2-1-3-14(20-13)21(12-4-5-12)10-11-6-8-19-9-7-11/h1-3,11-12,19H,4-10H2. The van der Waals surface area contributed by atoms with Crippen molar-refractivity contribution in [3.63, 3.8) is 0 Å². The van der Waals surface area contributed by atoms with E-state index in [1.807, 2.05) is 0 Å². The van der Waals surface area contributed by atoms with Crippen molar-refractivity contribution in [2.75, 3.05) is 24.5 Å². The van der Waals surface area contributed by atoms with Gasteiger partial charge in [-0.15, -0.1) is 0 Å². The van der Waals surface area contributed by atoms with Crippen LogP contribution in [0.3, 0.4) is 0 Å². The third-order valence-electron chi connectivity index (χ3n) is 4.22. The number of pyridine rings is 1. The number of hydrogen-bond donors (Lipinski definition) is 1. The number of alkyl halides is 3. The highest BCUT2D eigenvalue weighted by atomic mass is 19.4. The Balaban J connectivity index is 1.77. The Morgan fingerprint density at radius 3 is 2.48 bits per heavy atom. The molecular formula is C15H20F3N3. The zero-order chi connectivity index (χ0) is 14.9. The topological polar surface area (TPSA) is 28.2 Å². The average Bonchev–Trinajstić information content (AvgIpc) is 3.30. The van der Waals surface area contributed by atoms with E-state index in [1.54, 1.807) is 6.07 Å². The van der Waals surface area contributed by atoms with E-state index in [1.165, 1.54) is 6.07 Å². The first-order chi connectivity index (χ1) is 10.0. The fraction of sp³-hybridized carbons (Fsp3) is 0.667. The third-order valence-corrected chi connectivity index (χ3v) is 4.22. The molecule has 1 aliphatic heterocycles. The molecule has 21 heavy (non-hydrogen) atoms. The summed E-state index contributed by atoms with van der Waals surface area (Å²) in [6, 6.07) is 4.58. The SMILES string of the molecule is FC(F)(F)c1cccc(N(CC2CCNCC2)C2CC2)n1. The molecule has 1 aliphatic carbocycles. The molecule has 0 amide bonds. The molecule has 1 aromatic heterocycles. The van der Waals surface area contributed by atoms with E-state index in [9.17, 15) is 13.2 Å². The second kappa shape index (κ2) is 5.83. The van der Waals surface area contributed by atoms with Gasteiger partial charge in [-0.1, -0.05) is 6.07 Å². The van der Waals surface area contributed by atoms with Gasteiger partial charge in [-0.2, -0.15) is 13.2 Å². The van der Waals surface area contributed by atoms with Gasteiger partial charge in [0.15, 0.2) is 0 Å². The summed E-state index contributed by atoms with van der Waals surface area (Å²) in [4.78, 5) is 5.94. The molecule has 0 spiro atoms. The molecule has 0 bridgehead atoms. The quantitative estimate of drug-likeness (QED) is 0.926. The highest BCUT2D eigenvalue weighted by Gasteiger charge is 2.35. The van der Waals surface area contributed by atoms with Crippen LogP contribution in [0.25, 0.3) is 0 Å². The van der Waals surface area contributed by atoms with Crippen LogP contribution in [-0.2, 0) is 6.18 Å². The summed E-state index contributed by atoms with van der Waals surface area (Å²) in [6.45, 7) is 2.82. The van der Waals surface area contributed by atoms with Crippen molar-refractivity contribution >= 4 is 5.82 Å². The Morgan fingerprint density at radius 1 is 1.14 bits per heavy atom. The van der Waals surface area contributed by atoms with Crippen LogP contribution in [0.4, 0.5) is 19.0 Å². The summed E-state index contributed by atoms with van der Waals surface area (Å²) in [7, 11) is 0. The largest absolute Gasteiger partial charge is 0.433 e.